The monoisotopic (exact) mass is 1000 g/mol. The Bertz CT molecular complexity index is 1250. The van der Waals surface area contributed by atoms with Crippen LogP contribution in [0.3, 0.4) is 0 Å². The van der Waals surface area contributed by atoms with Crippen LogP contribution in [-0.2, 0) is 38.3 Å². The van der Waals surface area contributed by atoms with E-state index in [1.807, 2.05) is 0 Å². The van der Waals surface area contributed by atoms with Crippen LogP contribution in [-0.4, -0.2) is 97.5 Å². The third-order valence-electron chi connectivity index (χ3n) is 13.6. The number of hydrogen-bond donors (Lipinski definition) is 4. The van der Waals surface area contributed by atoms with Gasteiger partial charge in [0.15, 0.2) is 6.29 Å². The largest absolute Gasteiger partial charge is 0.457 e. The van der Waals surface area contributed by atoms with E-state index in [-0.39, 0.29) is 19.6 Å². The van der Waals surface area contributed by atoms with E-state index in [1.54, 1.807) is 0 Å². The average Bonchev–Trinajstić information content (AvgIpc) is 3.32. The number of aliphatic hydroxyl groups excluding tert-OH is 3. The third-order valence-corrected chi connectivity index (χ3v) is 14.1. The molecule has 0 spiro atoms. The standard InChI is InChI=1S/C56H108O12S/c1-3-5-7-9-11-13-15-17-19-21-23-25-27-29-31-33-35-37-39-41-43-45-52(58)66-50(49-65-56-54(60)55(68-69(61,62)63)53(59)51(47-57)67-56)48-64-46-44-42-40-38-36-34-32-30-28-26-24-22-20-18-16-14-12-10-8-6-4-2/h21,23,50-51,53-57,59-60H,3-20,22,24-49H2,1-2H3,(H,61,62,63)/b23-21-. The van der Waals surface area contributed by atoms with E-state index in [9.17, 15) is 33.1 Å². The van der Waals surface area contributed by atoms with Crippen LogP contribution in [0, 0.1) is 0 Å². The number of hydrogen-bond acceptors (Lipinski definition) is 11. The molecule has 13 heteroatoms. The van der Waals surface area contributed by atoms with Gasteiger partial charge in [-0.25, -0.2) is 4.18 Å². The lowest BCUT2D eigenvalue weighted by Gasteiger charge is -2.41. The van der Waals surface area contributed by atoms with Gasteiger partial charge in [-0.1, -0.05) is 244 Å². The van der Waals surface area contributed by atoms with Gasteiger partial charge >= 0.3 is 16.4 Å². The zero-order chi connectivity index (χ0) is 50.3. The molecule has 1 aliphatic heterocycles. The Balaban J connectivity index is 2.29. The summed E-state index contributed by atoms with van der Waals surface area (Å²) in [4.78, 5) is 13.0. The molecule has 0 aliphatic carbocycles. The van der Waals surface area contributed by atoms with Crippen LogP contribution in [0.5, 0.6) is 0 Å². The molecule has 1 aliphatic rings. The fourth-order valence-electron chi connectivity index (χ4n) is 9.26. The number of unbranched alkanes of at least 4 members (excludes halogenated alkanes) is 37. The van der Waals surface area contributed by atoms with Crippen molar-refractivity contribution in [1.29, 1.82) is 0 Å². The molecule has 1 fully saturated rings. The molecular weight excluding hydrogens is 897 g/mol. The van der Waals surface area contributed by atoms with Crippen LogP contribution in [0.2, 0.25) is 0 Å². The molecule has 1 saturated heterocycles. The van der Waals surface area contributed by atoms with Crippen molar-refractivity contribution in [1.82, 2.24) is 0 Å². The number of aliphatic hydroxyl groups is 3. The number of carbonyl (C=O) groups is 1. The van der Waals surface area contributed by atoms with E-state index in [0.717, 1.165) is 38.5 Å². The van der Waals surface area contributed by atoms with Crippen molar-refractivity contribution < 1.29 is 56.2 Å². The highest BCUT2D eigenvalue weighted by molar-refractivity contribution is 7.80. The minimum atomic E-state index is -5.06. The highest BCUT2D eigenvalue weighted by Gasteiger charge is 2.48. The molecule has 0 aromatic rings. The highest BCUT2D eigenvalue weighted by Crippen LogP contribution is 2.26. The second-order valence-corrected chi connectivity index (χ2v) is 21.3. The Morgan fingerprint density at radius 1 is 0.536 bits per heavy atom. The molecule has 12 nitrogen and oxygen atoms in total. The second-order valence-electron chi connectivity index (χ2n) is 20.2. The molecule has 0 radical (unpaired) electrons. The van der Waals surface area contributed by atoms with Crippen molar-refractivity contribution in [2.24, 2.45) is 0 Å². The maximum Gasteiger partial charge on any atom is 0.397 e. The number of ether oxygens (including phenoxy) is 4. The van der Waals surface area contributed by atoms with Gasteiger partial charge in [0.05, 0.1) is 19.8 Å². The summed E-state index contributed by atoms with van der Waals surface area (Å²) in [5, 5.41) is 30.8. The fourth-order valence-corrected chi connectivity index (χ4v) is 9.77. The smallest absolute Gasteiger partial charge is 0.397 e. The van der Waals surface area contributed by atoms with Crippen LogP contribution in [0.4, 0.5) is 0 Å². The summed E-state index contributed by atoms with van der Waals surface area (Å²) < 4.78 is 59.4. The van der Waals surface area contributed by atoms with Crippen LogP contribution in [0.25, 0.3) is 0 Å². The van der Waals surface area contributed by atoms with Gasteiger partial charge in [-0.2, -0.15) is 8.42 Å². The molecule has 410 valence electrons. The maximum atomic E-state index is 13.0. The predicted molar refractivity (Wildman–Crippen MR) is 281 cm³/mol. The molecule has 0 aromatic heterocycles. The Labute approximate surface area is 423 Å². The van der Waals surface area contributed by atoms with Crippen molar-refractivity contribution in [3.63, 3.8) is 0 Å². The van der Waals surface area contributed by atoms with Crippen molar-refractivity contribution in [2.75, 3.05) is 26.4 Å². The Hall–Kier alpha value is -1.16. The summed E-state index contributed by atoms with van der Waals surface area (Å²) >= 11 is 0. The molecule has 6 unspecified atom stereocenters. The predicted octanol–water partition coefficient (Wildman–Crippen LogP) is 14.1. The van der Waals surface area contributed by atoms with Crippen molar-refractivity contribution >= 4 is 16.4 Å². The number of rotatable bonds is 52. The first kappa shape index (κ1) is 65.9. The Morgan fingerprint density at radius 2 is 0.913 bits per heavy atom. The first-order valence-corrected chi connectivity index (χ1v) is 30.3. The van der Waals surface area contributed by atoms with E-state index >= 15 is 0 Å². The maximum absolute atomic E-state index is 13.0. The molecule has 69 heavy (non-hydrogen) atoms. The van der Waals surface area contributed by atoms with Gasteiger partial charge in [0.25, 0.3) is 0 Å². The van der Waals surface area contributed by atoms with E-state index in [4.69, 9.17) is 18.9 Å². The van der Waals surface area contributed by atoms with Gasteiger partial charge in [-0.3, -0.25) is 9.35 Å². The molecule has 0 amide bonds. The average molecular weight is 1010 g/mol. The lowest BCUT2D eigenvalue weighted by atomic mass is 9.99. The minimum absolute atomic E-state index is 0.0420. The molecule has 1 rings (SSSR count). The molecule has 4 N–H and O–H groups in total. The SMILES string of the molecule is CCCCCCCCCC/C=C\CCCCCCCCCCCC(=O)OC(COCCCCCCCCCCCCCCCCCCCCCCC)COC1OC(CO)C(O)C(OS(=O)(=O)O)C1O. The lowest BCUT2D eigenvalue weighted by Crippen LogP contribution is -2.60. The fraction of sp³-hybridized carbons (Fsp3) is 0.946. The van der Waals surface area contributed by atoms with E-state index in [2.05, 4.69) is 30.2 Å². The number of allylic oxidation sites excluding steroid dienone is 2. The van der Waals surface area contributed by atoms with Gasteiger partial charge in [-0.05, 0) is 38.5 Å². The second kappa shape index (κ2) is 47.8. The van der Waals surface area contributed by atoms with E-state index < -0.39 is 59.8 Å². The normalized spacial score (nSPS) is 19.2. The summed E-state index contributed by atoms with van der Waals surface area (Å²) in [7, 11) is -5.06. The summed E-state index contributed by atoms with van der Waals surface area (Å²) in [6.07, 6.45) is 46.8. The van der Waals surface area contributed by atoms with Crippen LogP contribution < -0.4 is 0 Å². The first-order chi connectivity index (χ1) is 33.6. The van der Waals surface area contributed by atoms with Crippen molar-refractivity contribution in [3.8, 4) is 0 Å². The van der Waals surface area contributed by atoms with Crippen LogP contribution in [0.1, 0.15) is 277 Å². The highest BCUT2D eigenvalue weighted by atomic mass is 32.3. The van der Waals surface area contributed by atoms with Crippen molar-refractivity contribution in [2.45, 2.75) is 314 Å². The Kier molecular flexibility index (Phi) is 45.6. The van der Waals surface area contributed by atoms with Gasteiger partial charge < -0.3 is 34.3 Å². The molecule has 0 aromatic carbocycles. The number of carbonyl (C=O) groups excluding carboxylic acids is 1. The van der Waals surface area contributed by atoms with Gasteiger partial charge in [0.1, 0.15) is 30.5 Å². The van der Waals surface area contributed by atoms with E-state index in [0.29, 0.717) is 13.0 Å². The molecule has 0 bridgehead atoms. The quantitative estimate of drug-likeness (QED) is 0.0196. The number of esters is 1. The zero-order valence-corrected chi connectivity index (χ0v) is 45.2. The Morgan fingerprint density at radius 3 is 1.30 bits per heavy atom. The lowest BCUT2D eigenvalue weighted by molar-refractivity contribution is -0.301. The summed E-state index contributed by atoms with van der Waals surface area (Å²) in [5.41, 5.74) is 0. The summed E-state index contributed by atoms with van der Waals surface area (Å²) in [6, 6.07) is 0. The van der Waals surface area contributed by atoms with Gasteiger partial charge in [0.2, 0.25) is 0 Å². The third kappa shape index (κ3) is 40.9. The van der Waals surface area contributed by atoms with E-state index in [1.165, 1.54) is 212 Å². The van der Waals surface area contributed by atoms with Crippen LogP contribution >= 0.6 is 0 Å². The minimum Gasteiger partial charge on any atom is -0.457 e. The molecule has 0 saturated carbocycles. The zero-order valence-electron chi connectivity index (χ0n) is 44.4. The van der Waals surface area contributed by atoms with Crippen LogP contribution in [0.15, 0.2) is 12.2 Å². The van der Waals surface area contributed by atoms with Crippen molar-refractivity contribution in [3.05, 3.63) is 12.2 Å². The molecule has 6 atom stereocenters. The summed E-state index contributed by atoms with van der Waals surface area (Å²) in [6.45, 7) is 4.06. The van der Waals surface area contributed by atoms with Gasteiger partial charge in [0, 0.05) is 13.0 Å². The summed E-state index contributed by atoms with van der Waals surface area (Å²) in [5.74, 6) is -0.394. The van der Waals surface area contributed by atoms with Gasteiger partial charge in [-0.15, -0.1) is 0 Å². The first-order valence-electron chi connectivity index (χ1n) is 28.9. The molecule has 1 heterocycles. The topological polar surface area (TPSA) is 178 Å². The molecular formula is C56H108O12S.